The molecule has 5 heteroatoms. The fourth-order valence-electron chi connectivity index (χ4n) is 1.89. The average Bonchev–Trinajstić information content (AvgIpc) is 2.45. The molecule has 0 spiro atoms. The Hall–Kier alpha value is -1.46. The molecule has 1 N–H and O–H groups in total. The third-order valence-corrected chi connectivity index (χ3v) is 4.30. The van der Waals surface area contributed by atoms with Crippen LogP contribution in [0.25, 0.3) is 0 Å². The van der Waals surface area contributed by atoms with E-state index in [0.717, 1.165) is 29.1 Å². The maximum atomic E-state index is 14.1. The standard InChI is InChI=1S/C16H20FN3S/c1-5-18-9-13-6-7-15(14(17)8-13)21-16-19-11(3)10(2)12(4)20-16/h6-8,18H,5,9H2,1-4H3. The zero-order valence-corrected chi connectivity index (χ0v) is 13.6. The highest BCUT2D eigenvalue weighted by molar-refractivity contribution is 7.99. The van der Waals surface area contributed by atoms with Gasteiger partial charge in [0.15, 0.2) is 5.16 Å². The maximum Gasteiger partial charge on any atom is 0.192 e. The topological polar surface area (TPSA) is 37.8 Å². The fourth-order valence-corrected chi connectivity index (χ4v) is 2.75. The van der Waals surface area contributed by atoms with Gasteiger partial charge < -0.3 is 5.32 Å². The van der Waals surface area contributed by atoms with Crippen LogP contribution >= 0.6 is 11.8 Å². The largest absolute Gasteiger partial charge is 0.313 e. The van der Waals surface area contributed by atoms with Crippen molar-refractivity contribution < 1.29 is 4.39 Å². The Bertz CT molecular complexity index is 620. The first-order valence-electron chi connectivity index (χ1n) is 7.00. The van der Waals surface area contributed by atoms with Crippen LogP contribution in [0.1, 0.15) is 29.4 Å². The molecule has 1 aromatic carbocycles. The third-order valence-electron chi connectivity index (χ3n) is 3.39. The summed E-state index contributed by atoms with van der Waals surface area (Å²) < 4.78 is 14.1. The molecule has 21 heavy (non-hydrogen) atoms. The smallest absolute Gasteiger partial charge is 0.192 e. The number of hydrogen-bond acceptors (Lipinski definition) is 4. The van der Waals surface area contributed by atoms with Crippen molar-refractivity contribution in [1.82, 2.24) is 15.3 Å². The number of aryl methyl sites for hydroxylation is 2. The molecule has 0 fully saturated rings. The summed E-state index contributed by atoms with van der Waals surface area (Å²) in [6.07, 6.45) is 0. The molecule has 2 aromatic rings. The lowest BCUT2D eigenvalue weighted by molar-refractivity contribution is 0.596. The van der Waals surface area contributed by atoms with Crippen LogP contribution in [0.5, 0.6) is 0 Å². The quantitative estimate of drug-likeness (QED) is 0.853. The van der Waals surface area contributed by atoms with E-state index in [9.17, 15) is 4.39 Å². The van der Waals surface area contributed by atoms with E-state index in [2.05, 4.69) is 15.3 Å². The number of nitrogens with one attached hydrogen (secondary N) is 1. The Morgan fingerprint density at radius 2 is 1.81 bits per heavy atom. The third kappa shape index (κ3) is 4.02. The number of hydrogen-bond donors (Lipinski definition) is 1. The summed E-state index contributed by atoms with van der Waals surface area (Å²) in [5.41, 5.74) is 3.90. The van der Waals surface area contributed by atoms with E-state index in [4.69, 9.17) is 0 Å². The van der Waals surface area contributed by atoms with Crippen LogP contribution < -0.4 is 5.32 Å². The monoisotopic (exact) mass is 305 g/mol. The van der Waals surface area contributed by atoms with Gasteiger partial charge in [0.2, 0.25) is 0 Å². The molecule has 0 amide bonds. The molecule has 3 nitrogen and oxygen atoms in total. The van der Waals surface area contributed by atoms with Crippen LogP contribution in [-0.2, 0) is 6.54 Å². The molecule has 0 aliphatic carbocycles. The van der Waals surface area contributed by atoms with Gasteiger partial charge in [-0.15, -0.1) is 0 Å². The van der Waals surface area contributed by atoms with Gasteiger partial charge in [0, 0.05) is 17.9 Å². The lowest BCUT2D eigenvalue weighted by Crippen LogP contribution is -2.11. The van der Waals surface area contributed by atoms with Crippen molar-refractivity contribution in [2.45, 2.75) is 44.3 Å². The second kappa shape index (κ2) is 7.00. The van der Waals surface area contributed by atoms with Crippen LogP contribution in [0.3, 0.4) is 0 Å². The first-order chi connectivity index (χ1) is 10.0. The van der Waals surface area contributed by atoms with Gasteiger partial charge in [0.1, 0.15) is 5.82 Å². The highest BCUT2D eigenvalue weighted by Gasteiger charge is 2.10. The van der Waals surface area contributed by atoms with Crippen molar-refractivity contribution in [2.24, 2.45) is 0 Å². The molecule has 0 saturated heterocycles. The molecule has 2 rings (SSSR count). The van der Waals surface area contributed by atoms with Crippen LogP contribution in [0.4, 0.5) is 4.39 Å². The van der Waals surface area contributed by atoms with Crippen LogP contribution in [0.2, 0.25) is 0 Å². The molecular weight excluding hydrogens is 285 g/mol. The summed E-state index contributed by atoms with van der Waals surface area (Å²) in [4.78, 5) is 9.38. The van der Waals surface area contributed by atoms with Crippen LogP contribution in [0.15, 0.2) is 28.3 Å². The van der Waals surface area contributed by atoms with Gasteiger partial charge in [-0.1, -0.05) is 13.0 Å². The number of aromatic nitrogens is 2. The second-order valence-electron chi connectivity index (χ2n) is 4.95. The number of nitrogens with zero attached hydrogens (tertiary/aromatic N) is 2. The molecule has 0 bridgehead atoms. The van der Waals surface area contributed by atoms with Gasteiger partial charge >= 0.3 is 0 Å². The van der Waals surface area contributed by atoms with Gasteiger partial charge in [0.05, 0.1) is 4.90 Å². The molecule has 0 aliphatic heterocycles. The first kappa shape index (κ1) is 15.9. The molecule has 0 unspecified atom stereocenters. The van der Waals surface area contributed by atoms with Gasteiger partial charge in [-0.3, -0.25) is 0 Å². The Morgan fingerprint density at radius 3 is 2.38 bits per heavy atom. The fraction of sp³-hybridized carbons (Fsp3) is 0.375. The van der Waals surface area contributed by atoms with Crippen molar-refractivity contribution in [2.75, 3.05) is 6.54 Å². The summed E-state index contributed by atoms with van der Waals surface area (Å²) in [6, 6.07) is 5.29. The summed E-state index contributed by atoms with van der Waals surface area (Å²) in [5, 5.41) is 3.78. The zero-order valence-electron chi connectivity index (χ0n) is 12.8. The highest BCUT2D eigenvalue weighted by Crippen LogP contribution is 2.28. The minimum absolute atomic E-state index is 0.227. The van der Waals surface area contributed by atoms with Gasteiger partial charge in [-0.25, -0.2) is 14.4 Å². The number of rotatable bonds is 5. The SMILES string of the molecule is CCNCc1ccc(Sc2nc(C)c(C)c(C)n2)c(F)c1. The van der Waals surface area contributed by atoms with E-state index in [1.807, 2.05) is 33.8 Å². The first-order valence-corrected chi connectivity index (χ1v) is 7.81. The van der Waals surface area contributed by atoms with Crippen molar-refractivity contribution in [3.63, 3.8) is 0 Å². The predicted molar refractivity (Wildman–Crippen MR) is 84.1 cm³/mol. The number of benzene rings is 1. The predicted octanol–water partition coefficient (Wildman–Crippen LogP) is 3.80. The Balaban J connectivity index is 2.20. The number of halogens is 1. The highest BCUT2D eigenvalue weighted by atomic mass is 32.2. The Labute approximate surface area is 129 Å². The molecule has 0 saturated carbocycles. The van der Waals surface area contributed by atoms with Crippen LogP contribution in [-0.4, -0.2) is 16.5 Å². The zero-order chi connectivity index (χ0) is 15.4. The molecule has 1 heterocycles. The molecule has 0 atom stereocenters. The van der Waals surface area contributed by atoms with Crippen molar-refractivity contribution >= 4 is 11.8 Å². The van der Waals surface area contributed by atoms with Crippen molar-refractivity contribution in [3.05, 3.63) is 46.5 Å². The molecule has 0 radical (unpaired) electrons. The molecular formula is C16H20FN3S. The van der Waals surface area contributed by atoms with E-state index >= 15 is 0 Å². The van der Waals surface area contributed by atoms with E-state index in [1.165, 1.54) is 11.8 Å². The summed E-state index contributed by atoms with van der Waals surface area (Å²) >= 11 is 1.27. The Morgan fingerprint density at radius 1 is 1.14 bits per heavy atom. The summed E-state index contributed by atoms with van der Waals surface area (Å²) in [7, 11) is 0. The maximum absolute atomic E-state index is 14.1. The molecule has 1 aromatic heterocycles. The average molecular weight is 305 g/mol. The van der Waals surface area contributed by atoms with E-state index in [0.29, 0.717) is 16.6 Å². The minimum atomic E-state index is -0.227. The van der Waals surface area contributed by atoms with Gasteiger partial charge in [-0.2, -0.15) is 0 Å². The van der Waals surface area contributed by atoms with Gasteiger partial charge in [0.25, 0.3) is 0 Å². The van der Waals surface area contributed by atoms with Crippen LogP contribution in [0, 0.1) is 26.6 Å². The van der Waals surface area contributed by atoms with Gasteiger partial charge in [-0.05, 0) is 62.3 Å². The molecule has 112 valence electrons. The lowest BCUT2D eigenvalue weighted by Gasteiger charge is -2.08. The summed E-state index contributed by atoms with van der Waals surface area (Å²) in [5.74, 6) is -0.227. The van der Waals surface area contributed by atoms with Crippen molar-refractivity contribution in [1.29, 1.82) is 0 Å². The lowest BCUT2D eigenvalue weighted by atomic mass is 10.2. The normalized spacial score (nSPS) is 10.9. The second-order valence-corrected chi connectivity index (χ2v) is 5.96. The van der Waals surface area contributed by atoms with E-state index in [-0.39, 0.29) is 5.82 Å². The Kier molecular flexibility index (Phi) is 5.31. The van der Waals surface area contributed by atoms with E-state index < -0.39 is 0 Å². The minimum Gasteiger partial charge on any atom is -0.313 e. The summed E-state index contributed by atoms with van der Waals surface area (Å²) in [6.45, 7) is 9.47. The van der Waals surface area contributed by atoms with E-state index in [1.54, 1.807) is 12.1 Å². The van der Waals surface area contributed by atoms with Crippen molar-refractivity contribution in [3.8, 4) is 0 Å². The molecule has 0 aliphatic rings.